The maximum atomic E-state index is 4.82. The molecule has 0 nitrogen and oxygen atoms in total. The summed E-state index contributed by atoms with van der Waals surface area (Å²) in [5, 5.41) is 0. The lowest BCUT2D eigenvalue weighted by Crippen LogP contribution is -2.07. The van der Waals surface area contributed by atoms with Crippen molar-refractivity contribution in [3.8, 4) is 0 Å². The molecule has 0 aliphatic rings. The Balaban J connectivity index is 3.58. The van der Waals surface area contributed by atoms with Crippen LogP contribution < -0.4 is 0 Å². The Morgan fingerprint density at radius 2 is 2.14 bits per heavy atom. The van der Waals surface area contributed by atoms with Crippen LogP contribution >= 0.6 is 12.6 Å². The van der Waals surface area contributed by atoms with E-state index in [1.165, 1.54) is 0 Å². The zero-order valence-electron chi connectivity index (χ0n) is 4.90. The van der Waals surface area contributed by atoms with Crippen molar-refractivity contribution in [2.24, 2.45) is 5.41 Å². The average Bonchev–Trinajstić information content (AvgIpc) is 1.68. The molecule has 0 aromatic heterocycles. The van der Waals surface area contributed by atoms with Gasteiger partial charge in [0, 0.05) is 5.75 Å². The molecule has 0 saturated carbocycles. The molecule has 1 heteroatoms. The fourth-order valence-corrected chi connectivity index (χ4v) is 0.177. The smallest absolute Gasteiger partial charge is 0.0123 e. The molecule has 0 bridgehead atoms. The second-order valence-corrected chi connectivity index (χ2v) is 2.63. The van der Waals surface area contributed by atoms with Crippen LogP contribution in [0.3, 0.4) is 0 Å². The molecule has 0 spiro atoms. The first-order chi connectivity index (χ1) is 3.12. The van der Waals surface area contributed by atoms with Crippen LogP contribution in [-0.2, 0) is 0 Å². The predicted octanol–water partition coefficient (Wildman–Crippen LogP) is 2.40. The van der Waals surface area contributed by atoms with Gasteiger partial charge in [0.15, 0.2) is 0 Å². The molecule has 0 aliphatic carbocycles. The summed E-state index contributed by atoms with van der Waals surface area (Å²) in [5.41, 5.74) is 0.162. The topological polar surface area (TPSA) is 0 Å². The first kappa shape index (κ1) is 7.09. The Kier molecular flexibility index (Phi) is 2.44. The molecule has 41 valence electrons. The molecule has 0 aliphatic heterocycles. The quantitative estimate of drug-likeness (QED) is 0.485. The maximum Gasteiger partial charge on any atom is 0.0123 e. The summed E-state index contributed by atoms with van der Waals surface area (Å²) in [7, 11) is 0. The van der Waals surface area contributed by atoms with Gasteiger partial charge in [-0.15, -0.1) is 6.58 Å². The van der Waals surface area contributed by atoms with Crippen molar-refractivity contribution >= 4 is 12.6 Å². The Bertz CT molecular complexity index is 64.6. The van der Waals surface area contributed by atoms with Crippen molar-refractivity contribution in [1.29, 1.82) is 0 Å². The average molecular weight is 115 g/mol. The van der Waals surface area contributed by atoms with Crippen LogP contribution in [0.15, 0.2) is 12.7 Å². The lowest BCUT2D eigenvalue weighted by molar-refractivity contribution is 0.560. The molecule has 0 aromatic rings. The molecular formula is C6H11S. The number of allylic oxidation sites excluding steroid dienone is 1. The second kappa shape index (κ2) is 2.41. The predicted molar refractivity (Wildman–Crippen MR) is 36.4 cm³/mol. The standard InChI is InChI=1S/C6H11S/c1-4-6(2,3)5-7/h4H,1,5H2,2-3H3. The summed E-state index contributed by atoms with van der Waals surface area (Å²) in [6.07, 6.45) is 1.89. The molecule has 0 aromatic carbocycles. The summed E-state index contributed by atoms with van der Waals surface area (Å²) >= 11 is 4.82. The van der Waals surface area contributed by atoms with E-state index in [1.54, 1.807) is 0 Å². The first-order valence-electron chi connectivity index (χ1n) is 2.34. The molecule has 0 atom stereocenters. The summed E-state index contributed by atoms with van der Waals surface area (Å²) in [6, 6.07) is 0. The summed E-state index contributed by atoms with van der Waals surface area (Å²) in [4.78, 5) is 0. The SMILES string of the molecule is C=CC(C)(C)C[S]. The molecule has 0 N–H and O–H groups in total. The highest BCUT2D eigenvalue weighted by molar-refractivity contribution is 7.80. The van der Waals surface area contributed by atoms with Crippen molar-refractivity contribution in [3.05, 3.63) is 12.7 Å². The Labute approximate surface area is 51.0 Å². The monoisotopic (exact) mass is 115 g/mol. The van der Waals surface area contributed by atoms with Crippen molar-refractivity contribution in [2.75, 3.05) is 5.75 Å². The summed E-state index contributed by atoms with van der Waals surface area (Å²) < 4.78 is 0. The van der Waals surface area contributed by atoms with Gasteiger partial charge < -0.3 is 0 Å². The van der Waals surface area contributed by atoms with Crippen LogP contribution in [0.1, 0.15) is 13.8 Å². The van der Waals surface area contributed by atoms with E-state index in [4.69, 9.17) is 12.6 Å². The van der Waals surface area contributed by atoms with Crippen LogP contribution in [-0.4, -0.2) is 5.75 Å². The van der Waals surface area contributed by atoms with Gasteiger partial charge in [0.1, 0.15) is 0 Å². The van der Waals surface area contributed by atoms with E-state index in [2.05, 4.69) is 20.4 Å². The third kappa shape index (κ3) is 2.75. The van der Waals surface area contributed by atoms with Crippen LogP contribution in [0, 0.1) is 5.41 Å². The van der Waals surface area contributed by atoms with Crippen LogP contribution in [0.4, 0.5) is 0 Å². The van der Waals surface area contributed by atoms with E-state index < -0.39 is 0 Å². The van der Waals surface area contributed by atoms with Gasteiger partial charge in [0.05, 0.1) is 0 Å². The molecule has 0 amide bonds. The van der Waals surface area contributed by atoms with Gasteiger partial charge in [0.25, 0.3) is 0 Å². The van der Waals surface area contributed by atoms with E-state index in [1.807, 2.05) is 6.08 Å². The molecule has 0 saturated heterocycles. The normalized spacial score (nSPS) is 11.3. The third-order valence-electron chi connectivity index (χ3n) is 0.925. The number of hydrogen-bond donors (Lipinski definition) is 0. The van der Waals surface area contributed by atoms with E-state index >= 15 is 0 Å². The largest absolute Gasteiger partial charge is 0.103 e. The molecule has 0 rings (SSSR count). The highest BCUT2D eigenvalue weighted by Crippen LogP contribution is 2.16. The van der Waals surface area contributed by atoms with E-state index in [-0.39, 0.29) is 5.41 Å². The van der Waals surface area contributed by atoms with Gasteiger partial charge in [-0.2, -0.15) is 0 Å². The van der Waals surface area contributed by atoms with E-state index in [0.717, 1.165) is 5.75 Å². The minimum atomic E-state index is 0.162. The minimum Gasteiger partial charge on any atom is -0.103 e. The summed E-state index contributed by atoms with van der Waals surface area (Å²) in [6.45, 7) is 7.79. The fraction of sp³-hybridized carbons (Fsp3) is 0.667. The van der Waals surface area contributed by atoms with Crippen molar-refractivity contribution in [1.82, 2.24) is 0 Å². The number of hydrogen-bond acceptors (Lipinski definition) is 0. The molecule has 7 heavy (non-hydrogen) atoms. The van der Waals surface area contributed by atoms with Gasteiger partial charge in [0.2, 0.25) is 0 Å². The number of rotatable bonds is 2. The van der Waals surface area contributed by atoms with Gasteiger partial charge >= 0.3 is 0 Å². The fourth-order valence-electron chi connectivity index (χ4n) is 0.0589. The zero-order valence-corrected chi connectivity index (χ0v) is 5.72. The van der Waals surface area contributed by atoms with Crippen LogP contribution in [0.5, 0.6) is 0 Å². The van der Waals surface area contributed by atoms with Gasteiger partial charge in [-0.1, -0.05) is 32.6 Å². The summed E-state index contributed by atoms with van der Waals surface area (Å²) in [5.74, 6) is 0.760. The minimum absolute atomic E-state index is 0.162. The Hall–Kier alpha value is 0.0900. The first-order valence-corrected chi connectivity index (χ1v) is 2.92. The lowest BCUT2D eigenvalue weighted by atomic mass is 9.97. The zero-order chi connectivity index (χ0) is 5.91. The highest BCUT2D eigenvalue weighted by atomic mass is 32.1. The van der Waals surface area contributed by atoms with Crippen molar-refractivity contribution in [3.63, 3.8) is 0 Å². The molecular weight excluding hydrogens is 104 g/mol. The third-order valence-corrected chi connectivity index (χ3v) is 1.67. The van der Waals surface area contributed by atoms with Crippen molar-refractivity contribution < 1.29 is 0 Å². The Morgan fingerprint density at radius 1 is 1.71 bits per heavy atom. The molecule has 0 unspecified atom stereocenters. The van der Waals surface area contributed by atoms with Gasteiger partial charge in [-0.05, 0) is 5.41 Å². The van der Waals surface area contributed by atoms with E-state index in [0.29, 0.717) is 0 Å². The van der Waals surface area contributed by atoms with Gasteiger partial charge in [-0.25, -0.2) is 0 Å². The van der Waals surface area contributed by atoms with E-state index in [9.17, 15) is 0 Å². The van der Waals surface area contributed by atoms with Crippen LogP contribution in [0.25, 0.3) is 0 Å². The maximum absolute atomic E-state index is 4.82. The van der Waals surface area contributed by atoms with Crippen molar-refractivity contribution in [2.45, 2.75) is 13.8 Å². The van der Waals surface area contributed by atoms with Gasteiger partial charge in [-0.3, -0.25) is 0 Å². The highest BCUT2D eigenvalue weighted by Gasteiger charge is 2.08. The Morgan fingerprint density at radius 3 is 2.14 bits per heavy atom. The second-order valence-electron chi connectivity index (χ2n) is 2.34. The molecule has 1 radical (unpaired) electrons. The van der Waals surface area contributed by atoms with Crippen LogP contribution in [0.2, 0.25) is 0 Å². The molecule has 0 heterocycles. The molecule has 0 fully saturated rings. The lowest BCUT2D eigenvalue weighted by Gasteiger charge is -2.13.